The lowest BCUT2D eigenvalue weighted by Crippen LogP contribution is -2.19. The van der Waals surface area contributed by atoms with E-state index in [0.717, 1.165) is 18.8 Å². The van der Waals surface area contributed by atoms with E-state index in [0.29, 0.717) is 11.1 Å². The van der Waals surface area contributed by atoms with Gasteiger partial charge in [-0.05, 0) is 54.8 Å². The van der Waals surface area contributed by atoms with Crippen molar-refractivity contribution in [1.82, 2.24) is 5.43 Å². The molecule has 0 spiro atoms. The fraction of sp³-hybridized carbons (Fsp3) is 0.286. The van der Waals surface area contributed by atoms with E-state index in [1.165, 1.54) is 32.2 Å². The zero-order valence-electron chi connectivity index (χ0n) is 16.4. The maximum absolute atomic E-state index is 12.3. The summed E-state index contributed by atoms with van der Waals surface area (Å²) in [4.78, 5) is 25.3. The molecular weight excluding hydrogens is 410 g/mol. The number of halogens is 1. The number of carboxylic acid groups (broad SMARTS) is 1. The van der Waals surface area contributed by atoms with Gasteiger partial charge in [-0.3, -0.25) is 4.79 Å². The number of methoxy groups -OCH3 is 1. The predicted molar refractivity (Wildman–Crippen MR) is 114 cm³/mol. The summed E-state index contributed by atoms with van der Waals surface area (Å²) in [5.41, 5.74) is 4.63. The average Bonchev–Trinajstić information content (AvgIpc) is 3.27. The van der Waals surface area contributed by atoms with Gasteiger partial charge in [0.15, 0.2) is 18.1 Å². The van der Waals surface area contributed by atoms with Gasteiger partial charge in [-0.2, -0.15) is 5.10 Å². The van der Waals surface area contributed by atoms with Crippen LogP contribution in [0.4, 0.5) is 5.69 Å². The lowest BCUT2D eigenvalue weighted by atomic mass is 10.2. The number of hydrogen-bond donors (Lipinski definition) is 2. The largest absolute Gasteiger partial charge is 0.493 e. The Bertz CT molecular complexity index is 940. The summed E-state index contributed by atoms with van der Waals surface area (Å²) in [7, 11) is 1.41. The first kappa shape index (κ1) is 21.4. The van der Waals surface area contributed by atoms with Crippen LogP contribution in [-0.4, -0.2) is 50.0 Å². The Balaban J connectivity index is 1.63. The number of ether oxygens (including phenoxy) is 2. The number of carbonyl (C=O) groups excluding carboxylic acids is 1. The van der Waals surface area contributed by atoms with Crippen LogP contribution in [0.1, 0.15) is 28.8 Å². The molecule has 1 amide bonds. The van der Waals surface area contributed by atoms with E-state index in [-0.39, 0.29) is 22.4 Å². The van der Waals surface area contributed by atoms with Gasteiger partial charge in [-0.25, -0.2) is 10.2 Å². The number of hydrazone groups is 1. The van der Waals surface area contributed by atoms with Crippen molar-refractivity contribution in [2.24, 2.45) is 5.10 Å². The van der Waals surface area contributed by atoms with Gasteiger partial charge in [0.1, 0.15) is 0 Å². The summed E-state index contributed by atoms with van der Waals surface area (Å²) < 4.78 is 10.3. The topological polar surface area (TPSA) is 100 Å². The first-order chi connectivity index (χ1) is 14.5. The van der Waals surface area contributed by atoms with Gasteiger partial charge in [0.25, 0.3) is 5.91 Å². The summed E-state index contributed by atoms with van der Waals surface area (Å²) in [6.07, 6.45) is 3.79. The molecule has 0 radical (unpaired) electrons. The van der Waals surface area contributed by atoms with Crippen LogP contribution in [0.25, 0.3) is 0 Å². The molecule has 1 heterocycles. The Kier molecular flexibility index (Phi) is 7.13. The second-order valence-corrected chi connectivity index (χ2v) is 7.06. The highest BCUT2D eigenvalue weighted by Gasteiger charge is 2.14. The third-order valence-corrected chi connectivity index (χ3v) is 4.85. The lowest BCUT2D eigenvalue weighted by molar-refractivity contribution is -0.139. The van der Waals surface area contributed by atoms with Crippen LogP contribution in [0.5, 0.6) is 11.5 Å². The van der Waals surface area contributed by atoms with Crippen LogP contribution in [0, 0.1) is 0 Å². The van der Waals surface area contributed by atoms with Gasteiger partial charge in [0.2, 0.25) is 0 Å². The van der Waals surface area contributed by atoms with E-state index in [9.17, 15) is 9.59 Å². The van der Waals surface area contributed by atoms with E-state index in [1.807, 2.05) is 12.1 Å². The number of nitrogens with zero attached hydrogens (tertiary/aromatic N) is 2. The molecular formula is C21H22ClN3O5. The molecule has 158 valence electrons. The SMILES string of the molecule is COc1cc(/C=N\NC(=O)c2ccc(N3CCCC3)cc2)cc(Cl)c1OCC(=O)O. The summed E-state index contributed by atoms with van der Waals surface area (Å²) in [6.45, 7) is 1.54. The van der Waals surface area contributed by atoms with Crippen molar-refractivity contribution in [3.63, 3.8) is 0 Å². The number of benzene rings is 2. The van der Waals surface area contributed by atoms with Gasteiger partial charge in [-0.15, -0.1) is 0 Å². The quantitative estimate of drug-likeness (QED) is 0.492. The minimum Gasteiger partial charge on any atom is -0.493 e. The highest BCUT2D eigenvalue weighted by molar-refractivity contribution is 6.32. The number of amides is 1. The molecule has 0 aliphatic carbocycles. The van der Waals surface area contributed by atoms with Crippen LogP contribution in [0.3, 0.4) is 0 Å². The molecule has 0 unspecified atom stereocenters. The van der Waals surface area contributed by atoms with Crippen molar-refractivity contribution in [2.45, 2.75) is 12.8 Å². The molecule has 0 aromatic heterocycles. The molecule has 2 aromatic carbocycles. The van der Waals surface area contributed by atoms with Gasteiger partial charge < -0.3 is 19.5 Å². The number of carbonyl (C=O) groups is 2. The van der Waals surface area contributed by atoms with Crippen molar-refractivity contribution in [2.75, 3.05) is 31.7 Å². The van der Waals surface area contributed by atoms with Crippen LogP contribution in [0.15, 0.2) is 41.5 Å². The Labute approximate surface area is 179 Å². The zero-order chi connectivity index (χ0) is 21.5. The maximum Gasteiger partial charge on any atom is 0.341 e. The second kappa shape index (κ2) is 9.98. The molecule has 9 heteroatoms. The molecule has 2 N–H and O–H groups in total. The summed E-state index contributed by atoms with van der Waals surface area (Å²) >= 11 is 6.15. The number of aliphatic carboxylic acids is 1. The molecule has 2 aromatic rings. The molecule has 30 heavy (non-hydrogen) atoms. The first-order valence-corrected chi connectivity index (χ1v) is 9.76. The lowest BCUT2D eigenvalue weighted by Gasteiger charge is -2.17. The molecule has 0 bridgehead atoms. The minimum absolute atomic E-state index is 0.126. The third-order valence-electron chi connectivity index (χ3n) is 4.57. The predicted octanol–water partition coefficient (Wildman–Crippen LogP) is 3.18. The van der Waals surface area contributed by atoms with Gasteiger partial charge >= 0.3 is 5.97 Å². The van der Waals surface area contributed by atoms with Crippen LogP contribution in [-0.2, 0) is 4.79 Å². The van der Waals surface area contributed by atoms with Crippen molar-refractivity contribution < 1.29 is 24.2 Å². The van der Waals surface area contributed by atoms with Crippen LogP contribution < -0.4 is 19.8 Å². The molecule has 0 saturated carbocycles. The average molecular weight is 432 g/mol. The van der Waals surface area contributed by atoms with E-state index in [4.69, 9.17) is 26.2 Å². The fourth-order valence-corrected chi connectivity index (χ4v) is 3.39. The first-order valence-electron chi connectivity index (χ1n) is 9.38. The Hall–Kier alpha value is -3.26. The molecule has 3 rings (SSSR count). The molecule has 8 nitrogen and oxygen atoms in total. The monoisotopic (exact) mass is 431 g/mol. The Morgan fingerprint density at radius 1 is 1.23 bits per heavy atom. The molecule has 1 aliphatic heterocycles. The summed E-state index contributed by atoms with van der Waals surface area (Å²) in [6, 6.07) is 10.5. The van der Waals surface area contributed by atoms with Crippen LogP contribution >= 0.6 is 11.6 Å². The summed E-state index contributed by atoms with van der Waals surface area (Å²) in [5, 5.41) is 12.9. The summed E-state index contributed by atoms with van der Waals surface area (Å²) in [5.74, 6) is -1.08. The zero-order valence-corrected chi connectivity index (χ0v) is 17.2. The third kappa shape index (κ3) is 5.42. The number of rotatable bonds is 8. The van der Waals surface area contributed by atoms with E-state index in [2.05, 4.69) is 15.4 Å². The number of nitrogens with one attached hydrogen (secondary N) is 1. The molecule has 1 fully saturated rings. The second-order valence-electron chi connectivity index (χ2n) is 6.66. The van der Waals surface area contributed by atoms with Gasteiger partial charge in [0, 0.05) is 24.3 Å². The number of hydrogen-bond acceptors (Lipinski definition) is 6. The Morgan fingerprint density at radius 2 is 1.93 bits per heavy atom. The normalized spacial score (nSPS) is 13.5. The van der Waals surface area contributed by atoms with Crippen LogP contribution in [0.2, 0.25) is 5.02 Å². The number of carboxylic acids is 1. The maximum atomic E-state index is 12.3. The molecule has 0 atom stereocenters. The highest BCUT2D eigenvalue weighted by atomic mass is 35.5. The van der Waals surface area contributed by atoms with E-state index < -0.39 is 12.6 Å². The van der Waals surface area contributed by atoms with Crippen molar-refractivity contribution >= 4 is 35.4 Å². The smallest absolute Gasteiger partial charge is 0.341 e. The fourth-order valence-electron chi connectivity index (χ4n) is 3.12. The standard InChI is InChI=1S/C21H22ClN3O5/c1-29-18-11-14(10-17(22)20(18)30-13-19(26)27)12-23-24-21(28)15-4-6-16(7-5-15)25-8-2-3-9-25/h4-7,10-12H,2-3,8-9,13H2,1H3,(H,24,28)(H,26,27)/b23-12-. The van der Waals surface area contributed by atoms with E-state index in [1.54, 1.807) is 18.2 Å². The van der Waals surface area contributed by atoms with Crippen molar-refractivity contribution in [3.8, 4) is 11.5 Å². The Morgan fingerprint density at radius 3 is 2.57 bits per heavy atom. The van der Waals surface area contributed by atoms with Crippen molar-refractivity contribution in [1.29, 1.82) is 0 Å². The minimum atomic E-state index is -1.13. The number of anilines is 1. The highest BCUT2D eigenvalue weighted by Crippen LogP contribution is 2.36. The molecule has 1 saturated heterocycles. The van der Waals surface area contributed by atoms with Crippen molar-refractivity contribution in [3.05, 3.63) is 52.5 Å². The molecule has 1 aliphatic rings. The van der Waals surface area contributed by atoms with E-state index >= 15 is 0 Å². The van der Waals surface area contributed by atoms with Gasteiger partial charge in [-0.1, -0.05) is 11.6 Å². The van der Waals surface area contributed by atoms with Gasteiger partial charge in [0.05, 0.1) is 18.3 Å².